The molecular formula is C18H24N4O3. The Kier molecular flexibility index (Phi) is 5.21. The zero-order valence-corrected chi connectivity index (χ0v) is 14.5. The summed E-state index contributed by atoms with van der Waals surface area (Å²) in [5.74, 6) is 0.107. The van der Waals surface area contributed by atoms with Crippen molar-refractivity contribution in [3.63, 3.8) is 0 Å². The number of nitrogens with zero attached hydrogens (tertiary/aromatic N) is 3. The summed E-state index contributed by atoms with van der Waals surface area (Å²) in [6.45, 7) is 5.37. The topological polar surface area (TPSA) is 73.0 Å². The molecule has 1 aromatic rings. The summed E-state index contributed by atoms with van der Waals surface area (Å²) in [7, 11) is 0. The Hall–Kier alpha value is -2.57. The largest absolute Gasteiger partial charge is 0.338 e. The predicted octanol–water partition coefficient (Wildman–Crippen LogP) is 1.30. The Morgan fingerprint density at radius 2 is 1.64 bits per heavy atom. The minimum absolute atomic E-state index is 0.0325. The van der Waals surface area contributed by atoms with Crippen molar-refractivity contribution in [2.24, 2.45) is 0 Å². The number of rotatable bonds is 3. The Balaban J connectivity index is 1.58. The molecule has 7 heteroatoms. The van der Waals surface area contributed by atoms with Crippen LogP contribution in [0.5, 0.6) is 0 Å². The van der Waals surface area contributed by atoms with Gasteiger partial charge in [0.1, 0.15) is 0 Å². The van der Waals surface area contributed by atoms with Crippen LogP contribution in [0.2, 0.25) is 0 Å². The van der Waals surface area contributed by atoms with Crippen LogP contribution in [-0.2, 0) is 4.79 Å². The summed E-state index contributed by atoms with van der Waals surface area (Å²) in [5, 5.41) is 2.78. The number of carbonyl (C=O) groups excluding carboxylic acids is 3. The maximum absolute atomic E-state index is 12.6. The van der Waals surface area contributed by atoms with Gasteiger partial charge in [-0.2, -0.15) is 0 Å². The van der Waals surface area contributed by atoms with E-state index in [2.05, 4.69) is 5.32 Å². The molecule has 4 amide bonds. The van der Waals surface area contributed by atoms with Gasteiger partial charge >= 0.3 is 6.03 Å². The second-order valence-electron chi connectivity index (χ2n) is 6.31. The average molecular weight is 344 g/mol. The van der Waals surface area contributed by atoms with Gasteiger partial charge in [0.05, 0.1) is 0 Å². The van der Waals surface area contributed by atoms with Gasteiger partial charge in [0.15, 0.2) is 0 Å². The van der Waals surface area contributed by atoms with E-state index in [0.717, 1.165) is 18.7 Å². The Morgan fingerprint density at radius 3 is 2.20 bits per heavy atom. The van der Waals surface area contributed by atoms with Crippen LogP contribution in [0.25, 0.3) is 0 Å². The molecule has 0 bridgehead atoms. The van der Waals surface area contributed by atoms with Crippen LogP contribution in [0.4, 0.5) is 10.5 Å². The third kappa shape index (κ3) is 3.75. The molecule has 2 aliphatic rings. The van der Waals surface area contributed by atoms with Gasteiger partial charge in [0.25, 0.3) is 5.91 Å². The van der Waals surface area contributed by atoms with Crippen molar-refractivity contribution in [1.29, 1.82) is 0 Å². The summed E-state index contributed by atoms with van der Waals surface area (Å²) in [5.41, 5.74) is 1.46. The van der Waals surface area contributed by atoms with Crippen LogP contribution in [-0.4, -0.2) is 66.9 Å². The van der Waals surface area contributed by atoms with E-state index in [-0.39, 0.29) is 17.8 Å². The minimum Gasteiger partial charge on any atom is -0.338 e. The smallest absolute Gasteiger partial charge is 0.317 e. The summed E-state index contributed by atoms with van der Waals surface area (Å²) < 4.78 is 0. The lowest BCUT2D eigenvalue weighted by atomic mass is 10.1. The van der Waals surface area contributed by atoms with E-state index in [1.165, 1.54) is 0 Å². The molecule has 2 saturated heterocycles. The van der Waals surface area contributed by atoms with Crippen molar-refractivity contribution in [3.8, 4) is 0 Å². The molecule has 0 atom stereocenters. The summed E-state index contributed by atoms with van der Waals surface area (Å²) in [6.07, 6.45) is 1.48. The Labute approximate surface area is 147 Å². The van der Waals surface area contributed by atoms with Gasteiger partial charge in [-0.3, -0.25) is 9.59 Å². The van der Waals surface area contributed by atoms with E-state index in [4.69, 9.17) is 0 Å². The fourth-order valence-corrected chi connectivity index (χ4v) is 3.26. The molecular weight excluding hydrogens is 320 g/mol. The molecule has 2 heterocycles. The third-order valence-corrected chi connectivity index (χ3v) is 4.68. The normalized spacial score (nSPS) is 17.8. The molecule has 3 rings (SSSR count). The maximum Gasteiger partial charge on any atom is 0.317 e. The molecule has 0 aromatic heterocycles. The lowest BCUT2D eigenvalue weighted by Crippen LogP contribution is -2.53. The first-order valence-electron chi connectivity index (χ1n) is 8.82. The quantitative estimate of drug-likeness (QED) is 0.898. The van der Waals surface area contributed by atoms with Crippen LogP contribution in [0.15, 0.2) is 24.3 Å². The van der Waals surface area contributed by atoms with Crippen LogP contribution in [0.1, 0.15) is 30.1 Å². The van der Waals surface area contributed by atoms with Gasteiger partial charge in [0, 0.05) is 56.9 Å². The highest BCUT2D eigenvalue weighted by atomic mass is 16.2. The zero-order chi connectivity index (χ0) is 17.8. The number of hydrogen-bond acceptors (Lipinski definition) is 3. The second-order valence-corrected chi connectivity index (χ2v) is 6.31. The Bertz CT molecular complexity index is 651. The molecule has 2 fully saturated rings. The summed E-state index contributed by atoms with van der Waals surface area (Å²) in [6, 6.07) is 7.15. The first kappa shape index (κ1) is 17.3. The van der Waals surface area contributed by atoms with Crippen molar-refractivity contribution in [2.75, 3.05) is 44.2 Å². The summed E-state index contributed by atoms with van der Waals surface area (Å²) in [4.78, 5) is 41.5. The molecule has 7 nitrogen and oxygen atoms in total. The number of piperazine rings is 1. The fraction of sp³-hybridized carbons (Fsp3) is 0.500. The van der Waals surface area contributed by atoms with E-state index in [1.807, 2.05) is 19.1 Å². The molecule has 134 valence electrons. The lowest BCUT2D eigenvalue weighted by Gasteiger charge is -2.34. The van der Waals surface area contributed by atoms with Crippen LogP contribution in [0.3, 0.4) is 0 Å². The van der Waals surface area contributed by atoms with Crippen LogP contribution >= 0.6 is 0 Å². The number of hydrogen-bond donors (Lipinski definition) is 1. The molecule has 1 aromatic carbocycles. The number of benzene rings is 1. The molecule has 25 heavy (non-hydrogen) atoms. The lowest BCUT2D eigenvalue weighted by molar-refractivity contribution is -0.117. The molecule has 2 aliphatic heterocycles. The van der Waals surface area contributed by atoms with Gasteiger partial charge in [-0.15, -0.1) is 0 Å². The van der Waals surface area contributed by atoms with Gasteiger partial charge < -0.3 is 20.0 Å². The van der Waals surface area contributed by atoms with E-state index in [1.54, 1.807) is 26.8 Å². The number of anilines is 1. The molecule has 0 aliphatic carbocycles. The SMILES string of the molecule is CCNC(=O)N1CCN(C(=O)c2ccc(N3CCCC3=O)cc2)CC1. The summed E-state index contributed by atoms with van der Waals surface area (Å²) >= 11 is 0. The highest BCUT2D eigenvalue weighted by Crippen LogP contribution is 2.22. The number of urea groups is 1. The van der Waals surface area contributed by atoms with Gasteiger partial charge in [-0.25, -0.2) is 4.79 Å². The molecule has 0 radical (unpaired) electrons. The van der Waals surface area contributed by atoms with Crippen molar-refractivity contribution in [1.82, 2.24) is 15.1 Å². The Morgan fingerprint density at radius 1 is 1.00 bits per heavy atom. The molecule has 0 unspecified atom stereocenters. The first-order chi connectivity index (χ1) is 12.1. The van der Waals surface area contributed by atoms with Crippen molar-refractivity contribution >= 4 is 23.5 Å². The predicted molar refractivity (Wildman–Crippen MR) is 94.6 cm³/mol. The van der Waals surface area contributed by atoms with E-state index < -0.39 is 0 Å². The van der Waals surface area contributed by atoms with E-state index in [9.17, 15) is 14.4 Å². The van der Waals surface area contributed by atoms with Gasteiger partial charge in [-0.05, 0) is 37.6 Å². The number of amides is 4. The molecule has 1 N–H and O–H groups in total. The van der Waals surface area contributed by atoms with Gasteiger partial charge in [0.2, 0.25) is 5.91 Å². The maximum atomic E-state index is 12.6. The van der Waals surface area contributed by atoms with Crippen LogP contribution in [0, 0.1) is 0 Å². The molecule has 0 saturated carbocycles. The monoisotopic (exact) mass is 344 g/mol. The number of carbonyl (C=O) groups is 3. The fourth-order valence-electron chi connectivity index (χ4n) is 3.26. The highest BCUT2D eigenvalue weighted by molar-refractivity contribution is 5.97. The number of nitrogens with one attached hydrogen (secondary N) is 1. The van der Waals surface area contributed by atoms with Crippen LogP contribution < -0.4 is 10.2 Å². The third-order valence-electron chi connectivity index (χ3n) is 4.68. The van der Waals surface area contributed by atoms with Crippen molar-refractivity contribution < 1.29 is 14.4 Å². The second kappa shape index (κ2) is 7.55. The van der Waals surface area contributed by atoms with E-state index >= 15 is 0 Å². The average Bonchev–Trinajstić information content (AvgIpc) is 3.07. The van der Waals surface area contributed by atoms with Crippen molar-refractivity contribution in [2.45, 2.75) is 19.8 Å². The van der Waals surface area contributed by atoms with Gasteiger partial charge in [-0.1, -0.05) is 0 Å². The highest BCUT2D eigenvalue weighted by Gasteiger charge is 2.25. The zero-order valence-electron chi connectivity index (χ0n) is 14.5. The first-order valence-corrected chi connectivity index (χ1v) is 8.82. The van der Waals surface area contributed by atoms with E-state index in [0.29, 0.717) is 44.7 Å². The molecule has 0 spiro atoms. The standard InChI is InChI=1S/C18H24N4O3/c1-2-19-18(25)21-12-10-20(11-13-21)17(24)14-5-7-15(8-6-14)22-9-3-4-16(22)23/h5-8H,2-4,9-13H2,1H3,(H,19,25). The van der Waals surface area contributed by atoms with Crippen molar-refractivity contribution in [3.05, 3.63) is 29.8 Å². The minimum atomic E-state index is -0.0748.